The largest absolute Gasteiger partial charge is 0.372 e. The van der Waals surface area contributed by atoms with Crippen LogP contribution in [-0.2, 0) is 13.6 Å². The smallest absolute Gasteiger partial charge is 0.351 e. The maximum absolute atomic E-state index is 12.7. The molecule has 1 heterocycles. The Balaban J connectivity index is 2.14. The normalized spacial score (nSPS) is 17.2. The summed E-state index contributed by atoms with van der Waals surface area (Å²) >= 11 is 0. The molecule has 2 N–H and O–H groups in total. The van der Waals surface area contributed by atoms with Crippen molar-refractivity contribution >= 4 is 13.3 Å². The van der Waals surface area contributed by atoms with Crippen molar-refractivity contribution < 1.29 is 13.6 Å². The summed E-state index contributed by atoms with van der Waals surface area (Å²) < 4.78 is 23.3. The Kier molecular flexibility index (Phi) is 5.82. The standard InChI is InChI=1S/C15H25N2O3P/c1-3-19-21(18,20-4-2)15(16)13-7-9-14(10-8-13)17-11-5-6-12-17/h7-10,15H,3-6,11-12,16H2,1-2H3/t15-/m0/s1. The Bertz CT molecular complexity index is 476. The van der Waals surface area contributed by atoms with Crippen molar-refractivity contribution in [2.75, 3.05) is 31.2 Å². The van der Waals surface area contributed by atoms with Gasteiger partial charge in [0.05, 0.1) is 13.2 Å². The van der Waals surface area contributed by atoms with Gasteiger partial charge in [0.1, 0.15) is 5.78 Å². The van der Waals surface area contributed by atoms with Crippen LogP contribution in [0, 0.1) is 0 Å². The van der Waals surface area contributed by atoms with Crippen molar-refractivity contribution in [3.63, 3.8) is 0 Å². The van der Waals surface area contributed by atoms with E-state index in [1.54, 1.807) is 13.8 Å². The number of benzene rings is 1. The summed E-state index contributed by atoms with van der Waals surface area (Å²) in [5.74, 6) is -0.745. The van der Waals surface area contributed by atoms with Gasteiger partial charge in [-0.05, 0) is 44.4 Å². The molecule has 1 aromatic rings. The van der Waals surface area contributed by atoms with Crippen LogP contribution >= 0.6 is 7.60 Å². The van der Waals surface area contributed by atoms with Crippen molar-refractivity contribution in [2.24, 2.45) is 5.73 Å². The zero-order valence-corrected chi connectivity index (χ0v) is 13.7. The van der Waals surface area contributed by atoms with Crippen molar-refractivity contribution in [3.8, 4) is 0 Å². The zero-order valence-electron chi connectivity index (χ0n) is 12.8. The van der Waals surface area contributed by atoms with E-state index in [1.807, 2.05) is 24.3 Å². The number of hydrogen-bond acceptors (Lipinski definition) is 5. The average molecular weight is 312 g/mol. The van der Waals surface area contributed by atoms with Crippen molar-refractivity contribution in [3.05, 3.63) is 29.8 Å². The van der Waals surface area contributed by atoms with Gasteiger partial charge in [-0.3, -0.25) is 4.57 Å². The summed E-state index contributed by atoms with van der Waals surface area (Å²) in [5, 5.41) is 0. The molecule has 0 saturated carbocycles. The number of hydrogen-bond donors (Lipinski definition) is 1. The van der Waals surface area contributed by atoms with E-state index in [9.17, 15) is 4.57 Å². The first kappa shape index (κ1) is 16.5. The minimum absolute atomic E-state index is 0.316. The first-order chi connectivity index (χ1) is 10.1. The second-order valence-electron chi connectivity index (χ2n) is 5.11. The molecule has 5 nitrogen and oxygen atoms in total. The van der Waals surface area contributed by atoms with Crippen molar-refractivity contribution in [1.82, 2.24) is 0 Å². The second-order valence-corrected chi connectivity index (χ2v) is 7.26. The van der Waals surface area contributed by atoms with Crippen LogP contribution in [0.15, 0.2) is 24.3 Å². The van der Waals surface area contributed by atoms with Crippen LogP contribution in [0.4, 0.5) is 5.69 Å². The zero-order chi connectivity index (χ0) is 15.3. The van der Waals surface area contributed by atoms with Gasteiger partial charge in [0.15, 0.2) is 0 Å². The quantitative estimate of drug-likeness (QED) is 0.781. The Morgan fingerprint density at radius 2 is 1.67 bits per heavy atom. The number of nitrogens with zero attached hydrogens (tertiary/aromatic N) is 1. The summed E-state index contributed by atoms with van der Waals surface area (Å²) in [7, 11) is -3.31. The molecular formula is C15H25N2O3P. The lowest BCUT2D eigenvalue weighted by atomic mass is 10.2. The lowest BCUT2D eigenvalue weighted by Gasteiger charge is -2.24. The molecule has 21 heavy (non-hydrogen) atoms. The summed E-state index contributed by atoms with van der Waals surface area (Å²) in [5.41, 5.74) is 8.09. The number of anilines is 1. The minimum atomic E-state index is -3.31. The highest BCUT2D eigenvalue weighted by Crippen LogP contribution is 2.58. The highest BCUT2D eigenvalue weighted by molar-refractivity contribution is 7.54. The number of rotatable bonds is 7. The van der Waals surface area contributed by atoms with Gasteiger partial charge in [0, 0.05) is 18.8 Å². The predicted molar refractivity (Wildman–Crippen MR) is 85.7 cm³/mol. The third-order valence-corrected chi connectivity index (χ3v) is 5.88. The van der Waals surface area contributed by atoms with Gasteiger partial charge in [-0.25, -0.2) is 0 Å². The molecule has 0 bridgehead atoms. The molecular weight excluding hydrogens is 287 g/mol. The summed E-state index contributed by atoms with van der Waals surface area (Å²) in [6, 6.07) is 7.90. The predicted octanol–water partition coefficient (Wildman–Crippen LogP) is 3.51. The molecule has 118 valence electrons. The van der Waals surface area contributed by atoms with Gasteiger partial charge in [0.2, 0.25) is 0 Å². The Morgan fingerprint density at radius 1 is 1.14 bits per heavy atom. The summed E-state index contributed by atoms with van der Waals surface area (Å²) in [6.07, 6.45) is 2.48. The fourth-order valence-corrected chi connectivity index (χ4v) is 4.25. The first-order valence-corrected chi connectivity index (χ1v) is 9.21. The molecule has 1 aliphatic heterocycles. The highest BCUT2D eigenvalue weighted by Gasteiger charge is 2.33. The molecule has 0 aromatic heterocycles. The van der Waals surface area contributed by atoms with Gasteiger partial charge in [0.25, 0.3) is 0 Å². The van der Waals surface area contributed by atoms with Crippen LogP contribution in [-0.4, -0.2) is 26.3 Å². The lowest BCUT2D eigenvalue weighted by Crippen LogP contribution is -2.18. The van der Waals surface area contributed by atoms with E-state index in [0.717, 1.165) is 18.7 Å². The van der Waals surface area contributed by atoms with Gasteiger partial charge in [-0.1, -0.05) is 12.1 Å². The van der Waals surface area contributed by atoms with Crippen molar-refractivity contribution in [2.45, 2.75) is 32.5 Å². The average Bonchev–Trinajstić information content (AvgIpc) is 3.01. The highest BCUT2D eigenvalue weighted by atomic mass is 31.2. The molecule has 1 saturated heterocycles. The number of nitrogens with two attached hydrogens (primary N) is 1. The Labute approximate surface area is 126 Å². The molecule has 1 fully saturated rings. The van der Waals surface area contributed by atoms with E-state index in [1.165, 1.54) is 18.5 Å². The topological polar surface area (TPSA) is 64.8 Å². The van der Waals surface area contributed by atoms with E-state index in [-0.39, 0.29) is 0 Å². The van der Waals surface area contributed by atoms with E-state index in [0.29, 0.717) is 13.2 Å². The molecule has 1 atom stereocenters. The maximum Gasteiger partial charge on any atom is 0.351 e. The van der Waals surface area contributed by atoms with Gasteiger partial charge in [-0.15, -0.1) is 0 Å². The molecule has 0 amide bonds. The van der Waals surface area contributed by atoms with E-state index < -0.39 is 13.4 Å². The molecule has 0 radical (unpaired) electrons. The Hall–Kier alpha value is -0.870. The summed E-state index contributed by atoms with van der Waals surface area (Å²) in [4.78, 5) is 2.35. The maximum atomic E-state index is 12.7. The van der Waals surface area contributed by atoms with Crippen LogP contribution < -0.4 is 10.6 Å². The monoisotopic (exact) mass is 312 g/mol. The Morgan fingerprint density at radius 3 is 2.14 bits per heavy atom. The molecule has 1 aromatic carbocycles. The third kappa shape index (κ3) is 3.86. The molecule has 6 heteroatoms. The van der Waals surface area contributed by atoms with Crippen LogP contribution in [0.3, 0.4) is 0 Å². The fraction of sp³-hybridized carbons (Fsp3) is 0.600. The second kappa shape index (κ2) is 7.41. The SMILES string of the molecule is CCOP(=O)(OCC)[C@H](N)c1ccc(N2CCCC2)cc1. The van der Waals surface area contributed by atoms with Crippen molar-refractivity contribution in [1.29, 1.82) is 0 Å². The molecule has 0 unspecified atom stereocenters. The third-order valence-electron chi connectivity index (χ3n) is 3.66. The fourth-order valence-electron chi connectivity index (χ4n) is 2.60. The lowest BCUT2D eigenvalue weighted by molar-refractivity contribution is 0.212. The van der Waals surface area contributed by atoms with Crippen LogP contribution in [0.5, 0.6) is 0 Å². The van der Waals surface area contributed by atoms with E-state index >= 15 is 0 Å². The van der Waals surface area contributed by atoms with Gasteiger partial charge >= 0.3 is 7.60 Å². The van der Waals surface area contributed by atoms with Crippen LogP contribution in [0.1, 0.15) is 38.0 Å². The summed E-state index contributed by atoms with van der Waals surface area (Å²) in [6.45, 7) is 6.40. The molecule has 1 aliphatic rings. The van der Waals surface area contributed by atoms with E-state index in [2.05, 4.69) is 4.90 Å². The molecule has 2 rings (SSSR count). The van der Waals surface area contributed by atoms with Crippen LogP contribution in [0.2, 0.25) is 0 Å². The molecule has 0 spiro atoms. The van der Waals surface area contributed by atoms with Gasteiger partial charge < -0.3 is 19.7 Å². The van der Waals surface area contributed by atoms with Gasteiger partial charge in [-0.2, -0.15) is 0 Å². The first-order valence-electron chi connectivity index (χ1n) is 7.60. The van der Waals surface area contributed by atoms with E-state index in [4.69, 9.17) is 14.8 Å². The molecule has 0 aliphatic carbocycles. The van der Waals surface area contributed by atoms with Crippen LogP contribution in [0.25, 0.3) is 0 Å². The minimum Gasteiger partial charge on any atom is -0.372 e.